The fourth-order valence-electron chi connectivity index (χ4n) is 3.18. The standard InChI is InChI=1S/C16H21N5O3S/c1-9-6-10(2)21(19-9)12-4-5-20(7-12)8-13(22)18-16-17-11(3)14(25-16)15(23)24/h6,12H,4-5,7-8H2,1-3H3,(H,23,24)(H,17,18,22)/t12-/m0/s1. The molecule has 0 radical (unpaired) electrons. The van der Waals surface area contributed by atoms with Crippen LogP contribution in [0.3, 0.4) is 0 Å². The minimum atomic E-state index is -1.03. The molecule has 0 aliphatic carbocycles. The van der Waals surface area contributed by atoms with Crippen LogP contribution in [0.5, 0.6) is 0 Å². The normalized spacial score (nSPS) is 17.8. The van der Waals surface area contributed by atoms with E-state index < -0.39 is 5.97 Å². The molecule has 0 bridgehead atoms. The Labute approximate surface area is 149 Å². The van der Waals surface area contributed by atoms with Crippen LogP contribution in [0.25, 0.3) is 0 Å². The summed E-state index contributed by atoms with van der Waals surface area (Å²) in [4.78, 5) is 29.6. The predicted octanol–water partition coefficient (Wildman–Crippen LogP) is 1.85. The molecule has 1 atom stereocenters. The molecule has 2 aromatic heterocycles. The van der Waals surface area contributed by atoms with Crippen LogP contribution in [0.1, 0.15) is 39.2 Å². The van der Waals surface area contributed by atoms with Crippen LogP contribution in [-0.2, 0) is 4.79 Å². The number of carbonyl (C=O) groups excluding carboxylic acids is 1. The largest absolute Gasteiger partial charge is 0.477 e. The summed E-state index contributed by atoms with van der Waals surface area (Å²) in [5.74, 6) is -1.21. The lowest BCUT2D eigenvalue weighted by Crippen LogP contribution is -2.32. The number of carboxylic acids is 1. The van der Waals surface area contributed by atoms with E-state index in [0.29, 0.717) is 10.8 Å². The number of aromatic nitrogens is 3. The maximum absolute atomic E-state index is 12.2. The van der Waals surface area contributed by atoms with Crippen molar-refractivity contribution < 1.29 is 14.7 Å². The van der Waals surface area contributed by atoms with Crippen LogP contribution in [0.4, 0.5) is 5.13 Å². The van der Waals surface area contributed by atoms with Crippen molar-refractivity contribution >= 4 is 28.3 Å². The number of carboxylic acid groups (broad SMARTS) is 1. The van der Waals surface area contributed by atoms with Gasteiger partial charge in [0, 0.05) is 18.8 Å². The summed E-state index contributed by atoms with van der Waals surface area (Å²) in [7, 11) is 0. The molecule has 1 saturated heterocycles. The van der Waals surface area contributed by atoms with Crippen LogP contribution < -0.4 is 5.32 Å². The summed E-state index contributed by atoms with van der Waals surface area (Å²) in [6.07, 6.45) is 0.953. The fraction of sp³-hybridized carbons (Fsp3) is 0.500. The van der Waals surface area contributed by atoms with Crippen molar-refractivity contribution in [2.75, 3.05) is 25.0 Å². The molecule has 3 heterocycles. The van der Waals surface area contributed by atoms with Gasteiger partial charge in [0.2, 0.25) is 5.91 Å². The second-order valence-electron chi connectivity index (χ2n) is 6.34. The summed E-state index contributed by atoms with van der Waals surface area (Å²) in [5, 5.41) is 16.6. The molecule has 134 valence electrons. The Morgan fingerprint density at radius 3 is 2.76 bits per heavy atom. The highest BCUT2D eigenvalue weighted by atomic mass is 32.1. The van der Waals surface area contributed by atoms with Crippen LogP contribution in [0, 0.1) is 20.8 Å². The Hall–Kier alpha value is -2.26. The Bertz CT molecular complexity index is 813. The number of hydrogen-bond donors (Lipinski definition) is 2. The van der Waals surface area contributed by atoms with Crippen LogP contribution >= 0.6 is 11.3 Å². The SMILES string of the molecule is Cc1cc(C)n([C@H]2CCN(CC(=O)Nc3nc(C)c(C(=O)O)s3)C2)n1. The van der Waals surface area contributed by atoms with E-state index in [-0.39, 0.29) is 23.4 Å². The number of anilines is 1. The van der Waals surface area contributed by atoms with Crippen molar-refractivity contribution in [1.29, 1.82) is 0 Å². The Kier molecular flexibility index (Phi) is 4.87. The number of carbonyl (C=O) groups is 2. The summed E-state index contributed by atoms with van der Waals surface area (Å²) in [6.45, 7) is 7.50. The van der Waals surface area contributed by atoms with Crippen molar-refractivity contribution in [3.63, 3.8) is 0 Å². The third-order valence-electron chi connectivity index (χ3n) is 4.24. The molecule has 2 N–H and O–H groups in total. The molecule has 25 heavy (non-hydrogen) atoms. The van der Waals surface area contributed by atoms with Gasteiger partial charge in [-0.1, -0.05) is 11.3 Å². The van der Waals surface area contributed by atoms with E-state index in [0.717, 1.165) is 42.2 Å². The second-order valence-corrected chi connectivity index (χ2v) is 7.34. The zero-order valence-electron chi connectivity index (χ0n) is 14.4. The van der Waals surface area contributed by atoms with Gasteiger partial charge in [0.05, 0.1) is 24.0 Å². The summed E-state index contributed by atoms with van der Waals surface area (Å²) < 4.78 is 2.04. The second kappa shape index (κ2) is 6.93. The summed E-state index contributed by atoms with van der Waals surface area (Å²) in [6, 6.07) is 2.34. The molecular weight excluding hydrogens is 342 g/mol. The molecule has 8 nitrogen and oxygen atoms in total. The molecule has 1 fully saturated rings. The lowest BCUT2D eigenvalue weighted by molar-refractivity contribution is -0.117. The fourth-order valence-corrected chi connectivity index (χ4v) is 4.00. The topological polar surface area (TPSA) is 100 Å². The van der Waals surface area contributed by atoms with Crippen molar-refractivity contribution in [1.82, 2.24) is 19.7 Å². The lowest BCUT2D eigenvalue weighted by Gasteiger charge is -2.16. The number of amides is 1. The van der Waals surface area contributed by atoms with E-state index in [1.54, 1.807) is 6.92 Å². The minimum absolute atomic E-state index is 0.154. The minimum Gasteiger partial charge on any atom is -0.477 e. The highest BCUT2D eigenvalue weighted by Gasteiger charge is 2.27. The molecule has 1 aliphatic rings. The third kappa shape index (κ3) is 3.88. The number of rotatable bonds is 5. The summed E-state index contributed by atoms with van der Waals surface area (Å²) >= 11 is 0.981. The molecule has 0 unspecified atom stereocenters. The van der Waals surface area contributed by atoms with E-state index >= 15 is 0 Å². The first-order chi connectivity index (χ1) is 11.8. The van der Waals surface area contributed by atoms with E-state index in [1.165, 1.54) is 0 Å². The van der Waals surface area contributed by atoms with E-state index in [4.69, 9.17) is 5.11 Å². The van der Waals surface area contributed by atoms with Crippen LogP contribution in [-0.4, -0.2) is 56.3 Å². The first-order valence-electron chi connectivity index (χ1n) is 8.09. The smallest absolute Gasteiger partial charge is 0.347 e. The average Bonchev–Trinajstić information content (AvgIpc) is 3.18. The van der Waals surface area contributed by atoms with Crippen molar-refractivity contribution in [2.45, 2.75) is 33.2 Å². The lowest BCUT2D eigenvalue weighted by atomic mass is 10.2. The zero-order valence-corrected chi connectivity index (χ0v) is 15.3. The zero-order chi connectivity index (χ0) is 18.1. The average molecular weight is 363 g/mol. The van der Waals surface area contributed by atoms with Gasteiger partial charge in [-0.25, -0.2) is 9.78 Å². The third-order valence-corrected chi connectivity index (χ3v) is 5.30. The predicted molar refractivity (Wildman–Crippen MR) is 94.2 cm³/mol. The number of likely N-dealkylation sites (tertiary alicyclic amines) is 1. The molecule has 2 aromatic rings. The molecule has 0 spiro atoms. The van der Waals surface area contributed by atoms with Gasteiger partial charge in [-0.05, 0) is 33.3 Å². The maximum atomic E-state index is 12.2. The van der Waals surface area contributed by atoms with Gasteiger partial charge in [-0.2, -0.15) is 5.10 Å². The number of thiazole rings is 1. The Morgan fingerprint density at radius 2 is 2.16 bits per heavy atom. The molecule has 9 heteroatoms. The highest BCUT2D eigenvalue weighted by molar-refractivity contribution is 7.17. The van der Waals surface area contributed by atoms with Gasteiger partial charge in [0.15, 0.2) is 5.13 Å². The van der Waals surface area contributed by atoms with Crippen molar-refractivity contribution in [2.24, 2.45) is 0 Å². The van der Waals surface area contributed by atoms with Crippen LogP contribution in [0.15, 0.2) is 6.07 Å². The van der Waals surface area contributed by atoms with Gasteiger partial charge in [-0.15, -0.1) is 0 Å². The molecular formula is C16H21N5O3S. The van der Waals surface area contributed by atoms with Crippen molar-refractivity contribution in [3.8, 4) is 0 Å². The van der Waals surface area contributed by atoms with E-state index in [2.05, 4.69) is 26.4 Å². The first kappa shape index (κ1) is 17.6. The Balaban J connectivity index is 1.56. The molecule has 1 aliphatic heterocycles. The molecule has 3 rings (SSSR count). The Morgan fingerprint density at radius 1 is 1.40 bits per heavy atom. The van der Waals surface area contributed by atoms with Gasteiger partial charge in [-0.3, -0.25) is 14.4 Å². The summed E-state index contributed by atoms with van der Waals surface area (Å²) in [5.41, 5.74) is 2.55. The quantitative estimate of drug-likeness (QED) is 0.841. The maximum Gasteiger partial charge on any atom is 0.347 e. The van der Waals surface area contributed by atoms with Gasteiger partial charge in [0.25, 0.3) is 0 Å². The van der Waals surface area contributed by atoms with Gasteiger partial charge >= 0.3 is 5.97 Å². The molecule has 1 amide bonds. The monoisotopic (exact) mass is 363 g/mol. The number of nitrogens with zero attached hydrogens (tertiary/aromatic N) is 4. The first-order valence-corrected chi connectivity index (χ1v) is 8.91. The van der Waals surface area contributed by atoms with E-state index in [9.17, 15) is 9.59 Å². The van der Waals surface area contributed by atoms with Crippen LogP contribution in [0.2, 0.25) is 0 Å². The number of aromatic carboxylic acids is 1. The molecule has 0 saturated carbocycles. The van der Waals surface area contributed by atoms with Gasteiger partial charge < -0.3 is 10.4 Å². The molecule has 0 aromatic carbocycles. The number of hydrogen-bond acceptors (Lipinski definition) is 6. The van der Waals surface area contributed by atoms with Crippen molar-refractivity contribution in [3.05, 3.63) is 28.0 Å². The number of aryl methyl sites for hydroxylation is 3. The highest BCUT2D eigenvalue weighted by Crippen LogP contribution is 2.24. The van der Waals surface area contributed by atoms with E-state index in [1.807, 2.05) is 18.5 Å². The number of nitrogens with one attached hydrogen (secondary N) is 1. The van der Waals surface area contributed by atoms with Gasteiger partial charge in [0.1, 0.15) is 4.88 Å².